The lowest BCUT2D eigenvalue weighted by atomic mass is 9.95. The van der Waals surface area contributed by atoms with Crippen LogP contribution in [0.15, 0.2) is 24.3 Å². The van der Waals surface area contributed by atoms with Crippen molar-refractivity contribution in [2.24, 2.45) is 5.92 Å². The Morgan fingerprint density at radius 3 is 2.08 bits per heavy atom. The molecule has 37 heavy (non-hydrogen) atoms. The molecule has 0 saturated carbocycles. The maximum atomic E-state index is 13.0. The molecular formula is C27H38N8OS. The van der Waals surface area contributed by atoms with Gasteiger partial charge in [0.05, 0.1) is 11.4 Å². The number of nitrogens with zero attached hydrogens (tertiary/aromatic N) is 8. The summed E-state index contributed by atoms with van der Waals surface area (Å²) in [6.07, 6.45) is 1.80. The number of amides is 1. The van der Waals surface area contributed by atoms with Crippen molar-refractivity contribution in [3.8, 4) is 11.3 Å². The van der Waals surface area contributed by atoms with E-state index in [1.807, 2.05) is 4.52 Å². The number of hydrogen-bond acceptors (Lipinski definition) is 8. The van der Waals surface area contributed by atoms with E-state index in [1.54, 1.807) is 11.3 Å². The second kappa shape index (κ2) is 10.2. The number of imidazole rings is 1. The summed E-state index contributed by atoms with van der Waals surface area (Å²) < 4.78 is 1.99. The van der Waals surface area contributed by atoms with Gasteiger partial charge in [-0.25, -0.2) is 9.50 Å². The van der Waals surface area contributed by atoms with Gasteiger partial charge < -0.3 is 24.5 Å². The van der Waals surface area contributed by atoms with Crippen LogP contribution in [0, 0.1) is 12.8 Å². The molecule has 6 rings (SSSR count). The Kier molecular flexibility index (Phi) is 6.81. The first-order valence-electron chi connectivity index (χ1n) is 13.6. The third-order valence-corrected chi connectivity index (χ3v) is 9.33. The normalized spacial score (nSPS) is 20.8. The number of piperazine rings is 2. The Hall–Kier alpha value is -2.69. The van der Waals surface area contributed by atoms with Gasteiger partial charge in [0, 0.05) is 82.6 Å². The lowest BCUT2D eigenvalue weighted by Gasteiger charge is -2.37. The number of anilines is 2. The molecule has 198 valence electrons. The highest BCUT2D eigenvalue weighted by Crippen LogP contribution is 2.33. The van der Waals surface area contributed by atoms with E-state index in [-0.39, 0.29) is 5.92 Å². The molecular weight excluding hydrogens is 484 g/mol. The molecule has 0 aliphatic carbocycles. The molecule has 3 aliphatic rings. The van der Waals surface area contributed by atoms with Crippen LogP contribution < -0.4 is 9.80 Å². The molecule has 10 heteroatoms. The van der Waals surface area contributed by atoms with Gasteiger partial charge in [-0.05, 0) is 46.0 Å². The molecule has 3 saturated heterocycles. The van der Waals surface area contributed by atoms with Crippen molar-refractivity contribution >= 4 is 33.0 Å². The lowest BCUT2D eigenvalue weighted by Crippen LogP contribution is -2.50. The van der Waals surface area contributed by atoms with E-state index in [0.29, 0.717) is 5.91 Å². The summed E-state index contributed by atoms with van der Waals surface area (Å²) in [5.41, 5.74) is 4.50. The minimum absolute atomic E-state index is 0.144. The minimum atomic E-state index is 0.144. The minimum Gasteiger partial charge on any atom is -0.369 e. The van der Waals surface area contributed by atoms with Gasteiger partial charge in [0.2, 0.25) is 16.0 Å². The molecule has 0 radical (unpaired) electrons. The number of carbonyl (C=O) groups excluding carboxylic acids is 1. The van der Waals surface area contributed by atoms with Crippen LogP contribution in [0.5, 0.6) is 0 Å². The van der Waals surface area contributed by atoms with Crippen LogP contribution in [0.4, 0.5) is 10.8 Å². The first kappa shape index (κ1) is 24.6. The maximum Gasteiger partial charge on any atom is 0.225 e. The summed E-state index contributed by atoms with van der Waals surface area (Å²) >= 11 is 1.65. The van der Waals surface area contributed by atoms with Crippen molar-refractivity contribution < 1.29 is 4.79 Å². The summed E-state index contributed by atoms with van der Waals surface area (Å²) in [5, 5.41) is 5.94. The fourth-order valence-electron chi connectivity index (χ4n) is 5.74. The Morgan fingerprint density at radius 1 is 0.838 bits per heavy atom. The number of carbonyl (C=O) groups is 1. The van der Waals surface area contributed by atoms with Crippen LogP contribution in [0.2, 0.25) is 0 Å². The Bertz CT molecular complexity index is 1230. The van der Waals surface area contributed by atoms with Gasteiger partial charge in [-0.3, -0.25) is 4.79 Å². The van der Waals surface area contributed by atoms with E-state index in [1.165, 1.54) is 5.69 Å². The highest BCUT2D eigenvalue weighted by Gasteiger charge is 2.31. The molecule has 5 heterocycles. The largest absolute Gasteiger partial charge is 0.369 e. The van der Waals surface area contributed by atoms with Crippen molar-refractivity contribution in [2.75, 3.05) is 89.3 Å². The standard InChI is InChI=1S/C27H38N8OS/c1-20-24(21-4-6-23(7-5-21)32-16-12-30(2)13-17-32)28-26-35(20)29-27(37-26)34-10-8-22(9-11-34)25(36)33-18-14-31(3)15-19-33/h4-7,22H,8-19H2,1-3H3. The number of fused-ring (bicyclic) bond motifs is 1. The molecule has 0 bridgehead atoms. The predicted molar refractivity (Wildman–Crippen MR) is 150 cm³/mol. The van der Waals surface area contributed by atoms with Gasteiger partial charge in [-0.1, -0.05) is 23.5 Å². The number of aryl methyl sites for hydroxylation is 1. The van der Waals surface area contributed by atoms with Crippen LogP contribution in [0.25, 0.3) is 16.2 Å². The van der Waals surface area contributed by atoms with Crippen molar-refractivity contribution in [2.45, 2.75) is 19.8 Å². The number of aromatic nitrogens is 3. The third-order valence-electron chi connectivity index (χ3n) is 8.36. The molecule has 3 fully saturated rings. The summed E-state index contributed by atoms with van der Waals surface area (Å²) in [7, 11) is 4.31. The van der Waals surface area contributed by atoms with Gasteiger partial charge in [0.15, 0.2) is 0 Å². The second-order valence-electron chi connectivity index (χ2n) is 10.9. The third kappa shape index (κ3) is 4.94. The zero-order valence-corrected chi connectivity index (χ0v) is 23.1. The molecule has 1 amide bonds. The number of benzene rings is 1. The van der Waals surface area contributed by atoms with Crippen LogP contribution in [0.1, 0.15) is 18.5 Å². The highest BCUT2D eigenvalue weighted by molar-refractivity contribution is 7.20. The highest BCUT2D eigenvalue weighted by atomic mass is 32.1. The van der Waals surface area contributed by atoms with Crippen LogP contribution in [0.3, 0.4) is 0 Å². The average Bonchev–Trinajstić information content (AvgIpc) is 3.49. The van der Waals surface area contributed by atoms with Crippen molar-refractivity contribution in [3.63, 3.8) is 0 Å². The van der Waals surface area contributed by atoms with Gasteiger partial charge >= 0.3 is 0 Å². The fourth-order valence-corrected chi connectivity index (χ4v) is 6.74. The smallest absolute Gasteiger partial charge is 0.225 e. The molecule has 3 aromatic rings. The predicted octanol–water partition coefficient (Wildman–Crippen LogP) is 2.51. The first-order chi connectivity index (χ1) is 18.0. The molecule has 2 aromatic heterocycles. The monoisotopic (exact) mass is 522 g/mol. The Morgan fingerprint density at radius 2 is 1.46 bits per heavy atom. The van der Waals surface area contributed by atoms with Gasteiger partial charge in [-0.2, -0.15) is 0 Å². The van der Waals surface area contributed by atoms with Crippen LogP contribution in [-0.2, 0) is 4.79 Å². The molecule has 0 unspecified atom stereocenters. The van der Waals surface area contributed by atoms with Crippen LogP contribution >= 0.6 is 11.3 Å². The van der Waals surface area contributed by atoms with E-state index in [2.05, 4.69) is 69.8 Å². The number of likely N-dealkylation sites (N-methyl/N-ethyl adjacent to an activating group) is 2. The van der Waals surface area contributed by atoms with Crippen molar-refractivity contribution in [3.05, 3.63) is 30.0 Å². The van der Waals surface area contributed by atoms with Gasteiger partial charge in [-0.15, -0.1) is 5.10 Å². The summed E-state index contributed by atoms with van der Waals surface area (Å²) in [6.45, 7) is 11.9. The number of piperidine rings is 1. The summed E-state index contributed by atoms with van der Waals surface area (Å²) in [6, 6.07) is 8.83. The van der Waals surface area contributed by atoms with E-state index in [9.17, 15) is 4.79 Å². The summed E-state index contributed by atoms with van der Waals surface area (Å²) in [5.74, 6) is 0.492. The van der Waals surface area contributed by atoms with Gasteiger partial charge in [0.25, 0.3) is 0 Å². The molecule has 0 spiro atoms. The van der Waals surface area contributed by atoms with E-state index in [4.69, 9.17) is 10.1 Å². The van der Waals surface area contributed by atoms with Crippen molar-refractivity contribution in [1.29, 1.82) is 0 Å². The quantitative estimate of drug-likeness (QED) is 0.522. The van der Waals surface area contributed by atoms with Crippen molar-refractivity contribution in [1.82, 2.24) is 29.3 Å². The topological polar surface area (TPSA) is 63.5 Å². The summed E-state index contributed by atoms with van der Waals surface area (Å²) in [4.78, 5) is 30.4. The maximum absolute atomic E-state index is 13.0. The lowest BCUT2D eigenvalue weighted by molar-refractivity contribution is -0.137. The van der Waals surface area contributed by atoms with Crippen LogP contribution in [-0.4, -0.2) is 115 Å². The number of rotatable bonds is 4. The molecule has 1 aromatic carbocycles. The zero-order valence-electron chi connectivity index (χ0n) is 22.3. The first-order valence-corrected chi connectivity index (χ1v) is 14.4. The molecule has 3 aliphatic heterocycles. The van der Waals surface area contributed by atoms with E-state index < -0.39 is 0 Å². The molecule has 0 atom stereocenters. The SMILES string of the molecule is Cc1c(-c2ccc(N3CCN(C)CC3)cc2)nc2sc(N3CCC(C(=O)N4CCN(C)CC4)CC3)nn12. The Labute approximate surface area is 223 Å². The Balaban J connectivity index is 1.10. The van der Waals surface area contributed by atoms with E-state index in [0.717, 1.165) is 105 Å². The zero-order chi connectivity index (χ0) is 25.5. The number of hydrogen-bond donors (Lipinski definition) is 0. The average molecular weight is 523 g/mol. The van der Waals surface area contributed by atoms with Gasteiger partial charge in [0.1, 0.15) is 0 Å². The molecule has 9 nitrogen and oxygen atoms in total. The second-order valence-corrected chi connectivity index (χ2v) is 11.8. The fraction of sp³-hybridized carbons (Fsp3) is 0.593. The molecule has 0 N–H and O–H groups in total. The van der Waals surface area contributed by atoms with E-state index >= 15 is 0 Å².